The molecular weight excluding hydrogens is 371 g/mol. The third-order valence-corrected chi connectivity index (χ3v) is 5.53. The largest absolute Gasteiger partial charge is 0.415 e. The molecule has 3 heterocycles. The lowest BCUT2D eigenvalue weighted by Crippen LogP contribution is -2.45. The van der Waals surface area contributed by atoms with Crippen LogP contribution in [0.5, 0.6) is 5.75 Å². The van der Waals surface area contributed by atoms with E-state index < -0.39 is 11.9 Å². The lowest BCUT2D eigenvalue weighted by Gasteiger charge is -2.29. The van der Waals surface area contributed by atoms with Crippen molar-refractivity contribution in [2.24, 2.45) is 4.99 Å². The highest BCUT2D eigenvalue weighted by Crippen LogP contribution is 2.33. The van der Waals surface area contributed by atoms with Gasteiger partial charge < -0.3 is 9.64 Å². The van der Waals surface area contributed by atoms with Gasteiger partial charge in [-0.3, -0.25) is 9.80 Å². The number of nitrogens with zero attached hydrogens (tertiary/aromatic N) is 3. The second-order valence-electron chi connectivity index (χ2n) is 6.47. The first-order valence-electron chi connectivity index (χ1n) is 8.90. The van der Waals surface area contributed by atoms with Crippen molar-refractivity contribution < 1.29 is 18.7 Å². The van der Waals surface area contributed by atoms with E-state index in [0.717, 1.165) is 38.4 Å². The fraction of sp³-hybridized carbons (Fsp3) is 0.389. The van der Waals surface area contributed by atoms with Crippen molar-refractivity contribution in [3.05, 3.63) is 34.5 Å². The second kappa shape index (κ2) is 7.69. The van der Waals surface area contributed by atoms with E-state index in [1.165, 1.54) is 23.9 Å². The number of rotatable bonds is 2. The molecule has 9 heteroatoms. The lowest BCUT2D eigenvalue weighted by molar-refractivity contribution is -0.113. The third-order valence-electron chi connectivity index (χ3n) is 4.53. The van der Waals surface area contributed by atoms with Crippen LogP contribution in [0.15, 0.2) is 28.1 Å². The smallest absolute Gasteiger partial charge is 0.409 e. The van der Waals surface area contributed by atoms with Crippen LogP contribution in [0.2, 0.25) is 0 Å². The average Bonchev–Trinajstić information content (AvgIpc) is 2.97. The summed E-state index contributed by atoms with van der Waals surface area (Å²) in [4.78, 5) is 30.4. The number of hydrazine groups is 1. The first-order valence-corrected chi connectivity index (χ1v) is 9.72. The molecule has 2 amide bonds. The topological polar surface area (TPSA) is 74.2 Å². The van der Waals surface area contributed by atoms with Gasteiger partial charge in [0, 0.05) is 37.8 Å². The number of ether oxygens (including phenoxy) is 1. The molecule has 1 N–H and O–H groups in total. The Bertz CT molecular complexity index is 832. The van der Waals surface area contributed by atoms with Gasteiger partial charge in [-0.05, 0) is 49.2 Å². The Morgan fingerprint density at radius 1 is 1.26 bits per heavy atom. The van der Waals surface area contributed by atoms with Crippen LogP contribution in [0.1, 0.15) is 24.8 Å². The number of amidine groups is 1. The molecule has 0 aliphatic carbocycles. The monoisotopic (exact) mass is 390 g/mol. The van der Waals surface area contributed by atoms with Gasteiger partial charge >= 0.3 is 6.09 Å². The van der Waals surface area contributed by atoms with Gasteiger partial charge in [-0.25, -0.2) is 14.6 Å². The molecule has 1 aromatic rings. The summed E-state index contributed by atoms with van der Waals surface area (Å²) in [6, 6.07) is 3.92. The first-order chi connectivity index (χ1) is 13.1. The van der Waals surface area contributed by atoms with E-state index >= 15 is 0 Å². The zero-order valence-electron chi connectivity index (χ0n) is 14.6. The Morgan fingerprint density at radius 3 is 2.81 bits per heavy atom. The van der Waals surface area contributed by atoms with Crippen LogP contribution in [-0.2, 0) is 4.79 Å². The number of hydrogen-bond acceptors (Lipinski definition) is 6. The molecule has 142 valence electrons. The van der Waals surface area contributed by atoms with Gasteiger partial charge in [-0.1, -0.05) is 0 Å². The summed E-state index contributed by atoms with van der Waals surface area (Å²) in [6.45, 7) is 2.92. The van der Waals surface area contributed by atoms with Gasteiger partial charge in [0.25, 0.3) is 5.91 Å². The third kappa shape index (κ3) is 3.98. The Morgan fingerprint density at radius 2 is 2.11 bits per heavy atom. The van der Waals surface area contributed by atoms with Crippen LogP contribution in [0.4, 0.5) is 9.18 Å². The van der Waals surface area contributed by atoms with E-state index in [4.69, 9.17) is 4.74 Å². The van der Waals surface area contributed by atoms with Crippen molar-refractivity contribution in [1.82, 2.24) is 15.3 Å². The molecule has 0 unspecified atom stereocenters. The molecule has 2 saturated heterocycles. The molecular formula is C18H19FN4O3S. The molecule has 3 aliphatic rings. The molecule has 4 rings (SSSR count). The van der Waals surface area contributed by atoms with Crippen molar-refractivity contribution >= 4 is 35.0 Å². The molecule has 0 radical (unpaired) electrons. The SMILES string of the molecule is O=C1N=C(N2CCCCN2)S/C1=C\c1ccc(F)cc1OC(=O)N1CCC1. The van der Waals surface area contributed by atoms with Gasteiger partial charge in [0.2, 0.25) is 0 Å². The number of carbonyl (C=O) groups excluding carboxylic acids is 2. The van der Waals surface area contributed by atoms with Gasteiger partial charge in [0.1, 0.15) is 11.6 Å². The summed E-state index contributed by atoms with van der Waals surface area (Å²) in [6.07, 6.45) is 4.14. The predicted octanol–water partition coefficient (Wildman–Crippen LogP) is 2.60. The standard InChI is InChI=1S/C18H19FN4O3S/c19-13-5-4-12(14(11-13)26-18(25)22-7-3-8-22)10-15-16(24)21-17(27-15)23-9-2-1-6-20-23/h4-5,10-11,20H,1-3,6-9H2/b15-10-. The van der Waals surface area contributed by atoms with E-state index in [2.05, 4.69) is 10.4 Å². The maximum absolute atomic E-state index is 13.7. The molecule has 0 bridgehead atoms. The van der Waals surface area contributed by atoms with Crippen LogP contribution in [0.3, 0.4) is 0 Å². The fourth-order valence-electron chi connectivity index (χ4n) is 2.88. The number of halogens is 1. The number of benzene rings is 1. The second-order valence-corrected chi connectivity index (χ2v) is 7.48. The molecule has 1 aromatic carbocycles. The average molecular weight is 390 g/mol. The number of carbonyl (C=O) groups is 2. The quantitative estimate of drug-likeness (QED) is 0.783. The van der Waals surface area contributed by atoms with E-state index in [0.29, 0.717) is 28.7 Å². The van der Waals surface area contributed by atoms with E-state index in [9.17, 15) is 14.0 Å². The Hall–Kier alpha value is -2.39. The maximum atomic E-state index is 13.7. The van der Waals surface area contributed by atoms with E-state index in [-0.39, 0.29) is 11.7 Å². The van der Waals surface area contributed by atoms with Crippen LogP contribution in [-0.4, -0.2) is 53.3 Å². The van der Waals surface area contributed by atoms with Gasteiger partial charge in [-0.15, -0.1) is 0 Å². The minimum absolute atomic E-state index is 0.0948. The predicted molar refractivity (Wildman–Crippen MR) is 101 cm³/mol. The van der Waals surface area contributed by atoms with Crippen molar-refractivity contribution in [1.29, 1.82) is 0 Å². The highest BCUT2D eigenvalue weighted by atomic mass is 32.2. The molecule has 27 heavy (non-hydrogen) atoms. The highest BCUT2D eigenvalue weighted by molar-refractivity contribution is 8.18. The summed E-state index contributed by atoms with van der Waals surface area (Å²) in [5.74, 6) is -0.771. The number of thioether (sulfide) groups is 1. The van der Waals surface area contributed by atoms with Gasteiger partial charge in [0.05, 0.1) is 4.91 Å². The minimum Gasteiger partial charge on any atom is -0.409 e. The first kappa shape index (κ1) is 18.0. The highest BCUT2D eigenvalue weighted by Gasteiger charge is 2.28. The zero-order chi connectivity index (χ0) is 18.8. The van der Waals surface area contributed by atoms with Crippen LogP contribution in [0.25, 0.3) is 6.08 Å². The Labute approximate surface area is 160 Å². The molecule has 7 nitrogen and oxygen atoms in total. The fourth-order valence-corrected chi connectivity index (χ4v) is 3.79. The maximum Gasteiger partial charge on any atom is 0.415 e. The Balaban J connectivity index is 1.53. The van der Waals surface area contributed by atoms with Crippen molar-refractivity contribution in [2.75, 3.05) is 26.2 Å². The number of aliphatic imine (C=N–C) groups is 1. The van der Waals surface area contributed by atoms with Crippen molar-refractivity contribution in [3.8, 4) is 5.75 Å². The van der Waals surface area contributed by atoms with Crippen LogP contribution >= 0.6 is 11.8 Å². The summed E-state index contributed by atoms with van der Waals surface area (Å²) in [5, 5.41) is 2.48. The number of likely N-dealkylation sites (tertiary alicyclic amines) is 1. The summed E-state index contributed by atoms with van der Waals surface area (Å²) in [7, 11) is 0. The molecule has 3 aliphatic heterocycles. The zero-order valence-corrected chi connectivity index (χ0v) is 15.4. The molecule has 2 fully saturated rings. The van der Waals surface area contributed by atoms with Crippen LogP contribution < -0.4 is 10.2 Å². The Kier molecular flexibility index (Phi) is 5.13. The lowest BCUT2D eigenvalue weighted by atomic mass is 10.1. The molecule has 0 saturated carbocycles. The summed E-state index contributed by atoms with van der Waals surface area (Å²) < 4.78 is 19.0. The minimum atomic E-state index is -0.511. The normalized spacial score (nSPS) is 21.3. The van der Waals surface area contributed by atoms with Crippen molar-refractivity contribution in [2.45, 2.75) is 19.3 Å². The summed E-state index contributed by atoms with van der Waals surface area (Å²) in [5.41, 5.74) is 3.68. The van der Waals surface area contributed by atoms with Gasteiger partial charge in [-0.2, -0.15) is 4.99 Å². The number of hydrogen-bond donors (Lipinski definition) is 1. The molecule has 0 atom stereocenters. The summed E-state index contributed by atoms with van der Waals surface area (Å²) >= 11 is 1.25. The molecule has 0 spiro atoms. The van der Waals surface area contributed by atoms with Gasteiger partial charge in [0.15, 0.2) is 5.17 Å². The molecule has 0 aromatic heterocycles. The van der Waals surface area contributed by atoms with E-state index in [1.807, 2.05) is 5.01 Å². The van der Waals surface area contributed by atoms with Crippen molar-refractivity contribution in [3.63, 3.8) is 0 Å². The van der Waals surface area contributed by atoms with Crippen LogP contribution in [0, 0.1) is 5.82 Å². The number of nitrogens with one attached hydrogen (secondary N) is 1. The number of amides is 2. The van der Waals surface area contributed by atoms with E-state index in [1.54, 1.807) is 11.0 Å².